The molecule has 1 N–H and O–H groups in total. The van der Waals surface area contributed by atoms with Crippen LogP contribution >= 0.6 is 0 Å². The van der Waals surface area contributed by atoms with E-state index in [-0.39, 0.29) is 24.2 Å². The average Bonchev–Trinajstić information content (AvgIpc) is 3.43. The van der Waals surface area contributed by atoms with Crippen molar-refractivity contribution in [3.63, 3.8) is 0 Å². The molecule has 1 saturated heterocycles. The summed E-state index contributed by atoms with van der Waals surface area (Å²) in [4.78, 5) is 45.4. The topological polar surface area (TPSA) is 109 Å². The first-order valence-electron chi connectivity index (χ1n) is 11.0. The molecule has 1 fully saturated rings. The van der Waals surface area contributed by atoms with Gasteiger partial charge in [-0.1, -0.05) is 0 Å². The van der Waals surface area contributed by atoms with Crippen LogP contribution in [0.15, 0.2) is 29.1 Å². The van der Waals surface area contributed by atoms with E-state index in [1.165, 1.54) is 6.07 Å². The lowest BCUT2D eigenvalue weighted by molar-refractivity contribution is -0.132. The van der Waals surface area contributed by atoms with Crippen molar-refractivity contribution >= 4 is 17.5 Å². The van der Waals surface area contributed by atoms with Crippen LogP contribution in [0.2, 0.25) is 0 Å². The summed E-state index contributed by atoms with van der Waals surface area (Å²) in [5.74, 6) is 1.19. The van der Waals surface area contributed by atoms with E-state index in [1.807, 2.05) is 13.8 Å². The van der Waals surface area contributed by atoms with Gasteiger partial charge in [0.05, 0.1) is 0 Å². The van der Waals surface area contributed by atoms with E-state index in [4.69, 9.17) is 9.47 Å². The molecule has 33 heavy (non-hydrogen) atoms. The van der Waals surface area contributed by atoms with E-state index in [0.717, 1.165) is 17.0 Å². The van der Waals surface area contributed by atoms with Gasteiger partial charge in [0.15, 0.2) is 17.1 Å². The summed E-state index contributed by atoms with van der Waals surface area (Å²) in [6.07, 6.45) is 0.881. The van der Waals surface area contributed by atoms with Crippen LogP contribution in [0.25, 0.3) is 5.65 Å². The number of H-pyrrole nitrogens is 1. The van der Waals surface area contributed by atoms with Crippen LogP contribution in [-0.2, 0) is 11.2 Å². The highest BCUT2D eigenvalue weighted by atomic mass is 16.7. The van der Waals surface area contributed by atoms with Crippen LogP contribution in [-0.4, -0.2) is 69.2 Å². The number of carbonyl (C=O) groups excluding carboxylic acids is 2. The lowest BCUT2D eigenvalue weighted by Crippen LogP contribution is -2.50. The molecule has 4 heterocycles. The molecule has 172 valence electrons. The molecular weight excluding hydrogens is 426 g/mol. The zero-order valence-corrected chi connectivity index (χ0v) is 18.6. The summed E-state index contributed by atoms with van der Waals surface area (Å²) in [5.41, 5.74) is 3.58. The van der Waals surface area contributed by atoms with Crippen molar-refractivity contribution < 1.29 is 19.1 Å². The SMILES string of the molecule is Cc1nc2cc(=O)[nH]n2c(C)c1CCC(=O)N1CCN(C(=O)c2ccc3c(c2)OCO3)CC1. The van der Waals surface area contributed by atoms with Crippen LogP contribution < -0.4 is 15.0 Å². The third-order valence-corrected chi connectivity index (χ3v) is 6.33. The molecular formula is C23H25N5O5. The Morgan fingerprint density at radius 3 is 2.55 bits per heavy atom. The molecule has 0 spiro atoms. The first-order valence-corrected chi connectivity index (χ1v) is 11.0. The Hall–Kier alpha value is -3.82. The van der Waals surface area contributed by atoms with Gasteiger partial charge < -0.3 is 19.3 Å². The number of hydrogen-bond acceptors (Lipinski definition) is 6. The minimum absolute atomic E-state index is 0.0464. The van der Waals surface area contributed by atoms with E-state index in [2.05, 4.69) is 10.1 Å². The Kier molecular flexibility index (Phi) is 5.27. The van der Waals surface area contributed by atoms with Gasteiger partial charge in [0.1, 0.15) is 0 Å². The Morgan fingerprint density at radius 1 is 1.03 bits per heavy atom. The van der Waals surface area contributed by atoms with Gasteiger partial charge in [-0.2, -0.15) is 0 Å². The summed E-state index contributed by atoms with van der Waals surface area (Å²) in [6, 6.07) is 6.64. The van der Waals surface area contributed by atoms with Gasteiger partial charge in [-0.05, 0) is 44.0 Å². The fraction of sp³-hybridized carbons (Fsp3) is 0.391. The van der Waals surface area contributed by atoms with Gasteiger partial charge in [-0.25, -0.2) is 9.50 Å². The lowest BCUT2D eigenvalue weighted by atomic mass is 10.1. The molecule has 2 amide bonds. The number of nitrogens with one attached hydrogen (secondary N) is 1. The van der Waals surface area contributed by atoms with Crippen molar-refractivity contribution in [1.82, 2.24) is 24.4 Å². The predicted molar refractivity (Wildman–Crippen MR) is 119 cm³/mol. The number of amides is 2. The normalized spacial score (nSPS) is 15.3. The van der Waals surface area contributed by atoms with E-state index in [9.17, 15) is 14.4 Å². The van der Waals surface area contributed by atoms with Crippen LogP contribution in [0.5, 0.6) is 11.5 Å². The molecule has 0 saturated carbocycles. The number of ether oxygens (including phenoxy) is 2. The number of fused-ring (bicyclic) bond motifs is 2. The second-order valence-electron chi connectivity index (χ2n) is 8.32. The maximum absolute atomic E-state index is 12.9. The molecule has 10 heteroatoms. The van der Waals surface area contributed by atoms with Crippen molar-refractivity contribution in [3.8, 4) is 11.5 Å². The van der Waals surface area contributed by atoms with Crippen molar-refractivity contribution in [2.24, 2.45) is 0 Å². The Balaban J connectivity index is 1.19. The van der Waals surface area contributed by atoms with E-state index in [1.54, 1.807) is 32.5 Å². The smallest absolute Gasteiger partial charge is 0.266 e. The summed E-state index contributed by atoms with van der Waals surface area (Å²) < 4.78 is 12.3. The second-order valence-corrected chi connectivity index (χ2v) is 8.32. The third-order valence-electron chi connectivity index (χ3n) is 6.33. The van der Waals surface area contributed by atoms with Gasteiger partial charge in [0.25, 0.3) is 11.5 Å². The Morgan fingerprint density at radius 2 is 1.76 bits per heavy atom. The van der Waals surface area contributed by atoms with Gasteiger partial charge in [-0.15, -0.1) is 0 Å². The minimum Gasteiger partial charge on any atom is -0.454 e. The molecule has 2 aromatic heterocycles. The molecule has 0 bridgehead atoms. The highest BCUT2D eigenvalue weighted by Crippen LogP contribution is 2.32. The number of aromatic amines is 1. The monoisotopic (exact) mass is 451 g/mol. The molecule has 3 aromatic rings. The van der Waals surface area contributed by atoms with Gasteiger partial charge in [0.2, 0.25) is 12.7 Å². The summed E-state index contributed by atoms with van der Waals surface area (Å²) in [6.45, 7) is 5.93. The van der Waals surface area contributed by atoms with E-state index in [0.29, 0.717) is 61.7 Å². The van der Waals surface area contributed by atoms with Gasteiger partial charge in [-0.3, -0.25) is 19.5 Å². The molecule has 10 nitrogen and oxygen atoms in total. The number of aryl methyl sites for hydroxylation is 2. The van der Waals surface area contributed by atoms with Crippen molar-refractivity contribution in [2.45, 2.75) is 26.7 Å². The summed E-state index contributed by atoms with van der Waals surface area (Å²) in [7, 11) is 0. The molecule has 5 rings (SSSR count). The maximum Gasteiger partial charge on any atom is 0.266 e. The molecule has 2 aliphatic rings. The molecule has 2 aliphatic heterocycles. The molecule has 0 atom stereocenters. The predicted octanol–water partition coefficient (Wildman–Crippen LogP) is 1.29. The Labute approximate surface area is 189 Å². The molecule has 0 aliphatic carbocycles. The first-order chi connectivity index (χ1) is 15.9. The molecule has 1 aromatic carbocycles. The van der Waals surface area contributed by atoms with E-state index < -0.39 is 0 Å². The van der Waals surface area contributed by atoms with Gasteiger partial charge >= 0.3 is 0 Å². The zero-order chi connectivity index (χ0) is 23.1. The lowest BCUT2D eigenvalue weighted by Gasteiger charge is -2.35. The van der Waals surface area contributed by atoms with Crippen LogP contribution in [0.3, 0.4) is 0 Å². The number of aromatic nitrogens is 3. The van der Waals surface area contributed by atoms with Crippen molar-refractivity contribution in [3.05, 3.63) is 57.1 Å². The van der Waals surface area contributed by atoms with Crippen LogP contribution in [0, 0.1) is 13.8 Å². The van der Waals surface area contributed by atoms with Crippen molar-refractivity contribution in [2.75, 3.05) is 33.0 Å². The van der Waals surface area contributed by atoms with E-state index >= 15 is 0 Å². The number of rotatable bonds is 4. The summed E-state index contributed by atoms with van der Waals surface area (Å²) in [5, 5.41) is 2.74. The third kappa shape index (κ3) is 3.92. The quantitative estimate of drug-likeness (QED) is 0.640. The number of benzene rings is 1. The number of hydrogen-bond donors (Lipinski definition) is 1. The number of carbonyl (C=O) groups is 2. The van der Waals surface area contributed by atoms with Crippen molar-refractivity contribution in [1.29, 1.82) is 0 Å². The molecule has 0 radical (unpaired) electrons. The van der Waals surface area contributed by atoms with Gasteiger partial charge in [0, 0.05) is 55.6 Å². The standard InChI is InChI=1S/C23H25N5O5/c1-14-17(15(2)28-20(24-14)12-21(29)25-28)4-6-22(30)26-7-9-27(10-8-26)23(31)16-3-5-18-19(11-16)33-13-32-18/h3,5,11-12H,4,6-10,13H2,1-2H3,(H,25,29). The number of nitrogens with zero attached hydrogens (tertiary/aromatic N) is 4. The molecule has 0 unspecified atom stereocenters. The largest absolute Gasteiger partial charge is 0.454 e. The fourth-order valence-electron chi connectivity index (χ4n) is 4.48. The summed E-state index contributed by atoms with van der Waals surface area (Å²) >= 11 is 0. The van der Waals surface area contributed by atoms with Crippen LogP contribution in [0.1, 0.15) is 33.7 Å². The number of piperazine rings is 1. The van der Waals surface area contributed by atoms with Crippen LogP contribution in [0.4, 0.5) is 0 Å². The minimum atomic E-state index is -0.202. The average molecular weight is 451 g/mol. The fourth-order valence-corrected chi connectivity index (χ4v) is 4.48. The highest BCUT2D eigenvalue weighted by Gasteiger charge is 2.26. The first kappa shape index (κ1) is 21.0. The Bertz CT molecular complexity index is 1300. The zero-order valence-electron chi connectivity index (χ0n) is 18.6. The maximum atomic E-state index is 12.9. The second kappa shape index (κ2) is 8.27. The highest BCUT2D eigenvalue weighted by molar-refractivity contribution is 5.95.